The van der Waals surface area contributed by atoms with Crippen LogP contribution in [-0.2, 0) is 19.1 Å². The fourth-order valence-corrected chi connectivity index (χ4v) is 2.18. The molecule has 1 unspecified atom stereocenters. The Kier molecular flexibility index (Phi) is 4.55. The summed E-state index contributed by atoms with van der Waals surface area (Å²) in [4.78, 5) is 48.4. The number of ketones is 1. The highest BCUT2D eigenvalue weighted by atomic mass is 16.5. The number of ether oxygens (including phenoxy) is 1. The van der Waals surface area contributed by atoms with Gasteiger partial charge in [-0.1, -0.05) is 12.1 Å². The zero-order valence-electron chi connectivity index (χ0n) is 12.3. The minimum atomic E-state index is -1.06. The molecule has 7 heteroatoms. The average molecular weight is 304 g/mol. The number of esters is 1. The molecule has 116 valence electrons. The zero-order chi connectivity index (χ0) is 16.3. The maximum atomic E-state index is 12.2. The van der Waals surface area contributed by atoms with Crippen molar-refractivity contribution in [3.63, 3.8) is 0 Å². The SMILES string of the molecule is CCOC(=O)c1ccccc1NC(=O)C1CN(C)C(=O)C1=O. The molecule has 0 bridgehead atoms. The van der Waals surface area contributed by atoms with E-state index in [1.807, 2.05) is 0 Å². The molecule has 2 rings (SSSR count). The van der Waals surface area contributed by atoms with E-state index in [-0.39, 0.29) is 24.4 Å². The molecule has 1 heterocycles. The number of nitrogens with one attached hydrogen (secondary N) is 1. The lowest BCUT2D eigenvalue weighted by Gasteiger charge is -2.12. The van der Waals surface area contributed by atoms with Gasteiger partial charge in [-0.25, -0.2) is 4.79 Å². The first-order valence-electron chi connectivity index (χ1n) is 6.82. The maximum absolute atomic E-state index is 12.2. The van der Waals surface area contributed by atoms with E-state index in [9.17, 15) is 19.2 Å². The smallest absolute Gasteiger partial charge is 0.340 e. The molecular formula is C15H16N2O5. The van der Waals surface area contributed by atoms with Gasteiger partial charge in [-0.15, -0.1) is 0 Å². The van der Waals surface area contributed by atoms with Crippen LogP contribution in [0, 0.1) is 5.92 Å². The van der Waals surface area contributed by atoms with Crippen LogP contribution in [0.25, 0.3) is 0 Å². The summed E-state index contributed by atoms with van der Waals surface area (Å²) in [7, 11) is 1.46. The summed E-state index contributed by atoms with van der Waals surface area (Å²) in [5.41, 5.74) is 0.448. The summed E-state index contributed by atoms with van der Waals surface area (Å²) < 4.78 is 4.91. The number of rotatable bonds is 4. The van der Waals surface area contributed by atoms with Crippen LogP contribution in [0.1, 0.15) is 17.3 Å². The number of carbonyl (C=O) groups excluding carboxylic acids is 4. The Morgan fingerprint density at radius 3 is 2.59 bits per heavy atom. The third kappa shape index (κ3) is 2.98. The van der Waals surface area contributed by atoms with Gasteiger partial charge in [-0.2, -0.15) is 0 Å². The average Bonchev–Trinajstić information content (AvgIpc) is 2.75. The number of anilines is 1. The zero-order valence-corrected chi connectivity index (χ0v) is 12.3. The maximum Gasteiger partial charge on any atom is 0.340 e. The normalized spacial score (nSPS) is 17.5. The van der Waals surface area contributed by atoms with Gasteiger partial charge in [0.05, 0.1) is 17.9 Å². The number of likely N-dealkylation sites (N-methyl/N-ethyl adjacent to an activating group) is 1. The number of hydrogen-bond acceptors (Lipinski definition) is 5. The molecule has 1 N–H and O–H groups in total. The van der Waals surface area contributed by atoms with Crippen LogP contribution in [0.15, 0.2) is 24.3 Å². The van der Waals surface area contributed by atoms with E-state index in [0.29, 0.717) is 0 Å². The molecule has 1 saturated heterocycles. The molecule has 1 atom stereocenters. The fourth-order valence-electron chi connectivity index (χ4n) is 2.18. The number of para-hydroxylation sites is 1. The van der Waals surface area contributed by atoms with Crippen molar-refractivity contribution in [3.05, 3.63) is 29.8 Å². The second kappa shape index (κ2) is 6.38. The number of nitrogens with zero attached hydrogens (tertiary/aromatic N) is 1. The first-order chi connectivity index (χ1) is 10.5. The molecule has 0 saturated carbocycles. The molecule has 1 aliphatic heterocycles. The van der Waals surface area contributed by atoms with Gasteiger partial charge in [0.15, 0.2) is 0 Å². The highest BCUT2D eigenvalue weighted by Gasteiger charge is 2.41. The summed E-state index contributed by atoms with van der Waals surface area (Å²) in [6.07, 6.45) is 0. The monoisotopic (exact) mass is 304 g/mol. The Morgan fingerprint density at radius 2 is 2.00 bits per heavy atom. The van der Waals surface area contributed by atoms with Crippen LogP contribution in [0.5, 0.6) is 0 Å². The highest BCUT2D eigenvalue weighted by molar-refractivity contribution is 6.43. The van der Waals surface area contributed by atoms with E-state index in [4.69, 9.17) is 4.74 Å². The molecule has 0 aromatic heterocycles. The third-order valence-corrected chi connectivity index (χ3v) is 3.33. The van der Waals surface area contributed by atoms with E-state index < -0.39 is 29.5 Å². The molecular weight excluding hydrogens is 288 g/mol. The van der Waals surface area contributed by atoms with Crippen molar-refractivity contribution >= 4 is 29.3 Å². The Balaban J connectivity index is 2.18. The van der Waals surface area contributed by atoms with E-state index in [1.165, 1.54) is 24.1 Å². The van der Waals surface area contributed by atoms with Gasteiger partial charge in [-0.3, -0.25) is 14.4 Å². The standard InChI is InChI=1S/C15H16N2O5/c1-3-22-15(21)9-6-4-5-7-11(9)16-13(19)10-8-17(2)14(20)12(10)18/h4-7,10H,3,8H2,1-2H3,(H,16,19). The van der Waals surface area contributed by atoms with E-state index in [2.05, 4.69) is 5.32 Å². The van der Waals surface area contributed by atoms with E-state index >= 15 is 0 Å². The van der Waals surface area contributed by atoms with Gasteiger partial charge in [0.1, 0.15) is 5.92 Å². The minimum absolute atomic E-state index is 0.0328. The number of carbonyl (C=O) groups is 4. The Labute approximate surface area is 127 Å². The number of hydrogen-bond donors (Lipinski definition) is 1. The topological polar surface area (TPSA) is 92.8 Å². The molecule has 22 heavy (non-hydrogen) atoms. The third-order valence-electron chi connectivity index (χ3n) is 3.33. The van der Waals surface area contributed by atoms with Crippen LogP contribution in [0.4, 0.5) is 5.69 Å². The van der Waals surface area contributed by atoms with Crippen molar-refractivity contribution in [1.29, 1.82) is 0 Å². The molecule has 0 radical (unpaired) electrons. The molecule has 0 spiro atoms. The van der Waals surface area contributed by atoms with Crippen molar-refractivity contribution < 1.29 is 23.9 Å². The fraction of sp³-hybridized carbons (Fsp3) is 0.333. The van der Waals surface area contributed by atoms with Crippen LogP contribution in [0.3, 0.4) is 0 Å². The Hall–Kier alpha value is -2.70. The first kappa shape index (κ1) is 15.7. The number of Topliss-reactive ketones (excluding diaryl/α,β-unsaturated/α-hetero) is 1. The van der Waals surface area contributed by atoms with Crippen LogP contribution in [0.2, 0.25) is 0 Å². The summed E-state index contributed by atoms with van der Waals surface area (Å²) in [6.45, 7) is 1.92. The molecule has 1 aromatic rings. The Bertz CT molecular complexity index is 641. The number of amides is 2. The molecule has 1 fully saturated rings. The number of benzene rings is 1. The highest BCUT2D eigenvalue weighted by Crippen LogP contribution is 2.19. The van der Waals surface area contributed by atoms with Gasteiger partial charge in [0, 0.05) is 13.6 Å². The van der Waals surface area contributed by atoms with Gasteiger partial charge < -0.3 is 15.0 Å². The molecule has 0 aliphatic carbocycles. The predicted molar refractivity (Wildman–Crippen MR) is 77.2 cm³/mol. The first-order valence-corrected chi connectivity index (χ1v) is 6.82. The number of likely N-dealkylation sites (tertiary alicyclic amines) is 1. The summed E-state index contributed by atoms with van der Waals surface area (Å²) in [6, 6.07) is 6.34. The van der Waals surface area contributed by atoms with Crippen molar-refractivity contribution in [2.24, 2.45) is 5.92 Å². The van der Waals surface area contributed by atoms with Gasteiger partial charge in [-0.05, 0) is 19.1 Å². The van der Waals surface area contributed by atoms with Crippen LogP contribution < -0.4 is 5.32 Å². The summed E-state index contributed by atoms with van der Waals surface area (Å²) in [5, 5.41) is 2.52. The van der Waals surface area contributed by atoms with Crippen LogP contribution in [-0.4, -0.2) is 48.7 Å². The second-order valence-electron chi connectivity index (χ2n) is 4.86. The van der Waals surface area contributed by atoms with Crippen molar-refractivity contribution in [1.82, 2.24) is 4.90 Å². The van der Waals surface area contributed by atoms with E-state index in [1.54, 1.807) is 19.1 Å². The molecule has 7 nitrogen and oxygen atoms in total. The minimum Gasteiger partial charge on any atom is -0.462 e. The van der Waals surface area contributed by atoms with Gasteiger partial charge in [0.2, 0.25) is 11.7 Å². The van der Waals surface area contributed by atoms with E-state index in [0.717, 1.165) is 0 Å². The largest absolute Gasteiger partial charge is 0.462 e. The summed E-state index contributed by atoms with van der Waals surface area (Å²) >= 11 is 0. The molecule has 1 aliphatic rings. The predicted octanol–water partition coefficient (Wildman–Crippen LogP) is 0.459. The molecule has 2 amide bonds. The van der Waals surface area contributed by atoms with Crippen molar-refractivity contribution in [3.8, 4) is 0 Å². The quantitative estimate of drug-likeness (QED) is 0.495. The van der Waals surface area contributed by atoms with Gasteiger partial charge >= 0.3 is 5.97 Å². The molecule has 1 aromatic carbocycles. The van der Waals surface area contributed by atoms with Crippen molar-refractivity contribution in [2.45, 2.75) is 6.92 Å². The lowest BCUT2D eigenvalue weighted by atomic mass is 10.1. The second-order valence-corrected chi connectivity index (χ2v) is 4.86. The lowest BCUT2D eigenvalue weighted by molar-refractivity contribution is -0.141. The summed E-state index contributed by atoms with van der Waals surface area (Å²) in [5.74, 6) is -3.66. The van der Waals surface area contributed by atoms with Crippen molar-refractivity contribution in [2.75, 3.05) is 25.5 Å². The van der Waals surface area contributed by atoms with Gasteiger partial charge in [0.25, 0.3) is 5.91 Å². The lowest BCUT2D eigenvalue weighted by Crippen LogP contribution is -2.30. The van der Waals surface area contributed by atoms with Crippen LogP contribution >= 0.6 is 0 Å². The Morgan fingerprint density at radius 1 is 1.32 bits per heavy atom.